The van der Waals surface area contributed by atoms with Gasteiger partial charge in [0.05, 0.1) is 0 Å². The molecule has 1 heterocycles. The molecule has 0 fully saturated rings. The van der Waals surface area contributed by atoms with Gasteiger partial charge in [0.25, 0.3) is 0 Å². The van der Waals surface area contributed by atoms with Crippen molar-refractivity contribution in [1.29, 1.82) is 0 Å². The molecule has 0 unspecified atom stereocenters. The highest BCUT2D eigenvalue weighted by Gasteiger charge is 2.05. The maximum absolute atomic E-state index is 4.27. The van der Waals surface area contributed by atoms with Gasteiger partial charge in [-0.3, -0.25) is 4.90 Å². The van der Waals surface area contributed by atoms with Crippen LogP contribution in [-0.2, 0) is 13.0 Å². The number of benzene rings is 1. The summed E-state index contributed by atoms with van der Waals surface area (Å²) in [5.74, 6) is 0.961. The van der Waals surface area contributed by atoms with Crippen LogP contribution in [0.2, 0.25) is 0 Å². The van der Waals surface area contributed by atoms with Crippen LogP contribution in [0.5, 0.6) is 0 Å². The van der Waals surface area contributed by atoms with Gasteiger partial charge in [-0.15, -0.1) is 0 Å². The summed E-state index contributed by atoms with van der Waals surface area (Å²) in [5.41, 5.74) is 1.40. The minimum Gasteiger partial charge on any atom is -0.299 e. The van der Waals surface area contributed by atoms with Crippen molar-refractivity contribution in [3.63, 3.8) is 0 Å². The van der Waals surface area contributed by atoms with Crippen LogP contribution >= 0.6 is 0 Å². The Kier molecular flexibility index (Phi) is 6.89. The summed E-state index contributed by atoms with van der Waals surface area (Å²) in [5, 5.41) is 0. The SMILES string of the molecule is CCCN(CCCCc1ncccn1)Cc1ccccc1. The lowest BCUT2D eigenvalue weighted by Crippen LogP contribution is -2.25. The van der Waals surface area contributed by atoms with Crippen molar-refractivity contribution in [3.05, 3.63) is 60.2 Å². The van der Waals surface area contributed by atoms with E-state index in [1.807, 2.05) is 18.5 Å². The Morgan fingerprint density at radius 2 is 1.67 bits per heavy atom. The van der Waals surface area contributed by atoms with E-state index in [1.165, 1.54) is 18.4 Å². The first-order chi connectivity index (χ1) is 10.4. The molecule has 0 radical (unpaired) electrons. The average molecular weight is 283 g/mol. The normalized spacial score (nSPS) is 11.0. The summed E-state index contributed by atoms with van der Waals surface area (Å²) in [6.45, 7) is 5.61. The monoisotopic (exact) mass is 283 g/mol. The molecule has 2 rings (SSSR count). The van der Waals surface area contributed by atoms with Crippen molar-refractivity contribution in [3.8, 4) is 0 Å². The Bertz CT molecular complexity index is 484. The van der Waals surface area contributed by atoms with E-state index in [1.54, 1.807) is 0 Å². The third kappa shape index (κ3) is 6.05. The highest BCUT2D eigenvalue weighted by molar-refractivity contribution is 5.14. The molecule has 0 amide bonds. The molecular formula is C18H25N3. The van der Waals surface area contributed by atoms with E-state index in [2.05, 4.69) is 52.1 Å². The van der Waals surface area contributed by atoms with Gasteiger partial charge in [0, 0.05) is 25.4 Å². The van der Waals surface area contributed by atoms with Crippen LogP contribution in [0.15, 0.2) is 48.8 Å². The Labute approximate surface area is 128 Å². The second kappa shape index (κ2) is 9.24. The van der Waals surface area contributed by atoms with Gasteiger partial charge in [0.15, 0.2) is 0 Å². The van der Waals surface area contributed by atoms with E-state index in [0.717, 1.165) is 38.3 Å². The first kappa shape index (κ1) is 15.6. The van der Waals surface area contributed by atoms with Gasteiger partial charge in [-0.25, -0.2) is 9.97 Å². The fraction of sp³-hybridized carbons (Fsp3) is 0.444. The molecule has 3 nitrogen and oxygen atoms in total. The van der Waals surface area contributed by atoms with Crippen molar-refractivity contribution in [2.24, 2.45) is 0 Å². The third-order valence-electron chi connectivity index (χ3n) is 3.53. The van der Waals surface area contributed by atoms with Crippen LogP contribution < -0.4 is 0 Å². The molecule has 112 valence electrons. The lowest BCUT2D eigenvalue weighted by Gasteiger charge is -2.21. The molecule has 2 aromatic rings. The van der Waals surface area contributed by atoms with Crippen LogP contribution in [0.4, 0.5) is 0 Å². The molecule has 21 heavy (non-hydrogen) atoms. The van der Waals surface area contributed by atoms with Crippen molar-refractivity contribution < 1.29 is 0 Å². The van der Waals surface area contributed by atoms with Gasteiger partial charge in [0.1, 0.15) is 5.82 Å². The Hall–Kier alpha value is -1.74. The van der Waals surface area contributed by atoms with E-state index in [9.17, 15) is 0 Å². The Morgan fingerprint density at radius 1 is 0.905 bits per heavy atom. The average Bonchev–Trinajstić information content (AvgIpc) is 2.54. The number of rotatable bonds is 9. The highest BCUT2D eigenvalue weighted by atomic mass is 15.1. The maximum Gasteiger partial charge on any atom is 0.128 e. The predicted octanol–water partition coefficient (Wildman–Crippen LogP) is 3.71. The number of aromatic nitrogens is 2. The number of hydrogen-bond acceptors (Lipinski definition) is 3. The van der Waals surface area contributed by atoms with E-state index < -0.39 is 0 Å². The lowest BCUT2D eigenvalue weighted by molar-refractivity contribution is 0.260. The summed E-state index contributed by atoms with van der Waals surface area (Å²) in [7, 11) is 0. The fourth-order valence-electron chi connectivity index (χ4n) is 2.51. The minimum atomic E-state index is 0.961. The van der Waals surface area contributed by atoms with Crippen molar-refractivity contribution in [2.45, 2.75) is 39.2 Å². The van der Waals surface area contributed by atoms with Crippen LogP contribution in [0.1, 0.15) is 37.6 Å². The number of nitrogens with zero attached hydrogens (tertiary/aromatic N) is 3. The molecule has 0 aliphatic rings. The highest BCUT2D eigenvalue weighted by Crippen LogP contribution is 2.07. The second-order valence-corrected chi connectivity index (χ2v) is 5.38. The van der Waals surface area contributed by atoms with Crippen LogP contribution in [0.25, 0.3) is 0 Å². The molecule has 0 saturated carbocycles. The van der Waals surface area contributed by atoms with E-state index in [4.69, 9.17) is 0 Å². The first-order valence-electron chi connectivity index (χ1n) is 7.90. The quantitative estimate of drug-likeness (QED) is 0.657. The summed E-state index contributed by atoms with van der Waals surface area (Å²) in [6, 6.07) is 12.6. The van der Waals surface area contributed by atoms with Gasteiger partial charge in [-0.1, -0.05) is 37.3 Å². The molecule has 0 bridgehead atoms. The number of hydrogen-bond donors (Lipinski definition) is 0. The van der Waals surface area contributed by atoms with Crippen LogP contribution in [-0.4, -0.2) is 28.0 Å². The van der Waals surface area contributed by atoms with Crippen molar-refractivity contribution in [2.75, 3.05) is 13.1 Å². The molecule has 0 aliphatic heterocycles. The van der Waals surface area contributed by atoms with E-state index in [0.29, 0.717) is 0 Å². The molecule has 0 aliphatic carbocycles. The maximum atomic E-state index is 4.27. The lowest BCUT2D eigenvalue weighted by atomic mass is 10.2. The fourth-order valence-corrected chi connectivity index (χ4v) is 2.51. The van der Waals surface area contributed by atoms with Gasteiger partial charge in [0.2, 0.25) is 0 Å². The molecule has 0 N–H and O–H groups in total. The topological polar surface area (TPSA) is 29.0 Å². The Morgan fingerprint density at radius 3 is 2.38 bits per heavy atom. The summed E-state index contributed by atoms with van der Waals surface area (Å²) >= 11 is 0. The third-order valence-corrected chi connectivity index (χ3v) is 3.53. The zero-order valence-electron chi connectivity index (χ0n) is 12.9. The smallest absolute Gasteiger partial charge is 0.128 e. The number of unbranched alkanes of at least 4 members (excludes halogenated alkanes) is 1. The molecule has 0 atom stereocenters. The van der Waals surface area contributed by atoms with E-state index >= 15 is 0 Å². The van der Waals surface area contributed by atoms with Gasteiger partial charge in [-0.2, -0.15) is 0 Å². The molecule has 0 spiro atoms. The first-order valence-corrected chi connectivity index (χ1v) is 7.90. The number of aryl methyl sites for hydroxylation is 1. The van der Waals surface area contributed by atoms with Crippen molar-refractivity contribution >= 4 is 0 Å². The van der Waals surface area contributed by atoms with Gasteiger partial charge in [-0.05, 0) is 44.0 Å². The second-order valence-electron chi connectivity index (χ2n) is 5.38. The molecule has 1 aromatic carbocycles. The van der Waals surface area contributed by atoms with Crippen molar-refractivity contribution in [1.82, 2.24) is 14.9 Å². The van der Waals surface area contributed by atoms with E-state index in [-0.39, 0.29) is 0 Å². The van der Waals surface area contributed by atoms with Gasteiger partial charge >= 0.3 is 0 Å². The van der Waals surface area contributed by atoms with Crippen LogP contribution in [0.3, 0.4) is 0 Å². The summed E-state index contributed by atoms with van der Waals surface area (Å²) in [4.78, 5) is 11.1. The Balaban J connectivity index is 1.72. The predicted molar refractivity (Wildman–Crippen MR) is 87.0 cm³/mol. The largest absolute Gasteiger partial charge is 0.299 e. The summed E-state index contributed by atoms with van der Waals surface area (Å²) < 4.78 is 0. The standard InChI is InChI=1S/C18H25N3/c1-2-14-21(16-17-9-4-3-5-10-17)15-7-6-11-18-19-12-8-13-20-18/h3-5,8-10,12-13H,2,6-7,11,14-16H2,1H3. The van der Waals surface area contributed by atoms with Crippen LogP contribution in [0, 0.1) is 0 Å². The summed E-state index contributed by atoms with van der Waals surface area (Å²) in [6.07, 6.45) is 8.17. The molecule has 1 aromatic heterocycles. The minimum absolute atomic E-state index is 0.961. The zero-order valence-corrected chi connectivity index (χ0v) is 12.9. The zero-order chi connectivity index (χ0) is 14.8. The molecule has 3 heteroatoms. The van der Waals surface area contributed by atoms with Gasteiger partial charge < -0.3 is 0 Å². The molecule has 0 saturated heterocycles. The molecular weight excluding hydrogens is 258 g/mol.